The molecule has 1 saturated heterocycles. The van der Waals surface area contributed by atoms with E-state index in [1.165, 1.54) is 27.8 Å². The molecule has 2 aromatic rings. The van der Waals surface area contributed by atoms with Crippen molar-refractivity contribution in [3.63, 3.8) is 0 Å². The molecule has 1 heterocycles. The maximum atomic E-state index is 11.9. The van der Waals surface area contributed by atoms with E-state index in [-0.39, 0.29) is 17.5 Å². The van der Waals surface area contributed by atoms with E-state index in [1.807, 2.05) is 0 Å². The molecule has 0 aromatic heterocycles. The Labute approximate surface area is 154 Å². The minimum atomic E-state index is -3.01. The van der Waals surface area contributed by atoms with Gasteiger partial charge in [0.2, 0.25) is 0 Å². The molecule has 0 spiro atoms. The third-order valence-electron chi connectivity index (χ3n) is 5.20. The molecule has 5 heteroatoms. The number of fused-ring (bicyclic) bond motifs is 3. The number of hydrogen-bond donors (Lipinski definition) is 0. The number of carbonyl (C=O) groups is 1. The summed E-state index contributed by atoms with van der Waals surface area (Å²) in [6.07, 6.45) is 2.81. The second-order valence-electron chi connectivity index (χ2n) is 7.19. The van der Waals surface area contributed by atoms with E-state index in [4.69, 9.17) is 4.74 Å². The third kappa shape index (κ3) is 3.68. The van der Waals surface area contributed by atoms with Crippen molar-refractivity contribution < 1.29 is 17.9 Å². The Kier molecular flexibility index (Phi) is 4.57. The monoisotopic (exact) mass is 370 g/mol. The SMILES string of the molecule is O=C(CCCc1ccc2c(c1)-c1ccccc1C2)O[C@H]1CCS(=O)(=O)C1. The molecule has 0 N–H and O–H groups in total. The van der Waals surface area contributed by atoms with Crippen molar-refractivity contribution in [2.24, 2.45) is 0 Å². The molecule has 136 valence electrons. The third-order valence-corrected chi connectivity index (χ3v) is 6.94. The molecule has 1 fully saturated rings. The van der Waals surface area contributed by atoms with Crippen LogP contribution in [0.3, 0.4) is 0 Å². The largest absolute Gasteiger partial charge is 0.461 e. The predicted molar refractivity (Wildman–Crippen MR) is 101 cm³/mol. The van der Waals surface area contributed by atoms with E-state index in [1.54, 1.807) is 0 Å². The molecule has 0 amide bonds. The lowest BCUT2D eigenvalue weighted by Gasteiger charge is -2.10. The number of aryl methyl sites for hydroxylation is 1. The first-order valence-corrected chi connectivity index (χ1v) is 10.9. The Hall–Kier alpha value is -2.14. The molecule has 1 aliphatic carbocycles. The number of carbonyl (C=O) groups excluding carboxylic acids is 1. The maximum absolute atomic E-state index is 11.9. The number of ether oxygens (including phenoxy) is 1. The van der Waals surface area contributed by atoms with Crippen molar-refractivity contribution in [2.75, 3.05) is 11.5 Å². The fourth-order valence-electron chi connectivity index (χ4n) is 3.86. The predicted octanol–water partition coefficient (Wildman–Crippen LogP) is 3.31. The first-order chi connectivity index (χ1) is 12.5. The van der Waals surface area contributed by atoms with Gasteiger partial charge in [-0.15, -0.1) is 0 Å². The van der Waals surface area contributed by atoms with Gasteiger partial charge in [0.05, 0.1) is 11.5 Å². The molecule has 0 unspecified atom stereocenters. The minimum Gasteiger partial charge on any atom is -0.461 e. The summed E-state index contributed by atoms with van der Waals surface area (Å²) in [6, 6.07) is 15.0. The highest BCUT2D eigenvalue weighted by molar-refractivity contribution is 7.91. The van der Waals surface area contributed by atoms with Crippen LogP contribution in [0.1, 0.15) is 36.0 Å². The van der Waals surface area contributed by atoms with Crippen LogP contribution in [0.4, 0.5) is 0 Å². The van der Waals surface area contributed by atoms with Gasteiger partial charge in [-0.05, 0) is 53.5 Å². The van der Waals surface area contributed by atoms with Crippen LogP contribution in [0.25, 0.3) is 11.1 Å². The van der Waals surface area contributed by atoms with Gasteiger partial charge in [0, 0.05) is 6.42 Å². The summed E-state index contributed by atoms with van der Waals surface area (Å²) in [5.41, 5.74) is 6.56. The topological polar surface area (TPSA) is 60.4 Å². The lowest BCUT2D eigenvalue weighted by atomic mass is 10.00. The molecule has 1 atom stereocenters. The quantitative estimate of drug-likeness (QED) is 0.647. The average Bonchev–Trinajstić information content (AvgIpc) is 3.14. The fourth-order valence-corrected chi connectivity index (χ4v) is 5.45. The van der Waals surface area contributed by atoms with Crippen LogP contribution in [0.5, 0.6) is 0 Å². The second-order valence-corrected chi connectivity index (χ2v) is 9.42. The van der Waals surface area contributed by atoms with Gasteiger partial charge in [0.15, 0.2) is 9.84 Å². The average molecular weight is 370 g/mol. The first kappa shape index (κ1) is 17.3. The highest BCUT2D eigenvalue weighted by atomic mass is 32.2. The molecule has 0 radical (unpaired) electrons. The van der Waals surface area contributed by atoms with E-state index in [0.717, 1.165) is 12.8 Å². The summed E-state index contributed by atoms with van der Waals surface area (Å²) >= 11 is 0. The fraction of sp³-hybridized carbons (Fsp3) is 0.381. The Morgan fingerprint density at radius 1 is 1.08 bits per heavy atom. The summed E-state index contributed by atoms with van der Waals surface area (Å²) in [7, 11) is -3.01. The van der Waals surface area contributed by atoms with Crippen molar-refractivity contribution >= 4 is 15.8 Å². The normalized spacial score (nSPS) is 19.8. The second kappa shape index (κ2) is 6.88. The van der Waals surface area contributed by atoms with Gasteiger partial charge in [0.1, 0.15) is 6.10 Å². The van der Waals surface area contributed by atoms with E-state index in [0.29, 0.717) is 19.3 Å². The van der Waals surface area contributed by atoms with Crippen LogP contribution in [0.2, 0.25) is 0 Å². The van der Waals surface area contributed by atoms with Crippen molar-refractivity contribution in [2.45, 2.75) is 38.2 Å². The first-order valence-electron chi connectivity index (χ1n) is 9.10. The van der Waals surface area contributed by atoms with Gasteiger partial charge in [0.25, 0.3) is 0 Å². The molecule has 0 saturated carbocycles. The number of rotatable bonds is 5. The Morgan fingerprint density at radius 3 is 2.69 bits per heavy atom. The molecular formula is C21H22O4S. The molecule has 0 bridgehead atoms. The van der Waals surface area contributed by atoms with Crippen molar-refractivity contribution in [3.8, 4) is 11.1 Å². The zero-order valence-electron chi connectivity index (χ0n) is 14.6. The number of benzene rings is 2. The van der Waals surface area contributed by atoms with Gasteiger partial charge in [-0.2, -0.15) is 0 Å². The molecule has 26 heavy (non-hydrogen) atoms. The number of esters is 1. The van der Waals surface area contributed by atoms with Gasteiger partial charge in [-0.3, -0.25) is 4.79 Å². The lowest BCUT2D eigenvalue weighted by Crippen LogP contribution is -2.19. The lowest BCUT2D eigenvalue weighted by molar-refractivity contribution is -0.147. The van der Waals surface area contributed by atoms with Crippen molar-refractivity contribution in [1.29, 1.82) is 0 Å². The van der Waals surface area contributed by atoms with E-state index >= 15 is 0 Å². The highest BCUT2D eigenvalue weighted by Gasteiger charge is 2.30. The molecule has 1 aliphatic heterocycles. The van der Waals surface area contributed by atoms with Gasteiger partial charge < -0.3 is 4.74 Å². The summed E-state index contributed by atoms with van der Waals surface area (Å²) in [5, 5.41) is 0. The smallest absolute Gasteiger partial charge is 0.306 e. The standard InChI is InChI=1S/C21H22O4S/c22-21(25-18-10-11-26(23,24)14-18)7-3-4-15-8-9-17-13-16-5-1-2-6-19(16)20(17)12-15/h1-2,5-6,8-9,12,18H,3-4,7,10-11,13-14H2/t18-/m0/s1. The van der Waals surface area contributed by atoms with E-state index < -0.39 is 15.9 Å². The van der Waals surface area contributed by atoms with Gasteiger partial charge in [-0.1, -0.05) is 42.5 Å². The molecule has 2 aromatic carbocycles. The van der Waals surface area contributed by atoms with E-state index in [9.17, 15) is 13.2 Å². The van der Waals surface area contributed by atoms with Crippen LogP contribution in [-0.4, -0.2) is 32.0 Å². The summed E-state index contributed by atoms with van der Waals surface area (Å²) in [4.78, 5) is 11.9. The molecular weight excluding hydrogens is 348 g/mol. The minimum absolute atomic E-state index is 0.0248. The summed E-state index contributed by atoms with van der Waals surface area (Å²) in [6.45, 7) is 0. The van der Waals surface area contributed by atoms with Gasteiger partial charge >= 0.3 is 5.97 Å². The van der Waals surface area contributed by atoms with Crippen molar-refractivity contribution in [1.82, 2.24) is 0 Å². The molecule has 2 aliphatic rings. The van der Waals surface area contributed by atoms with Crippen LogP contribution in [0.15, 0.2) is 42.5 Å². The van der Waals surface area contributed by atoms with E-state index in [2.05, 4.69) is 42.5 Å². The Balaban J connectivity index is 1.32. The summed E-state index contributed by atoms with van der Waals surface area (Å²) < 4.78 is 28.1. The summed E-state index contributed by atoms with van der Waals surface area (Å²) in [5.74, 6) is -0.191. The molecule has 4 rings (SSSR count). The Bertz CT molecular complexity index is 946. The van der Waals surface area contributed by atoms with Crippen LogP contribution < -0.4 is 0 Å². The van der Waals surface area contributed by atoms with Crippen molar-refractivity contribution in [3.05, 3.63) is 59.2 Å². The zero-order chi connectivity index (χ0) is 18.1. The van der Waals surface area contributed by atoms with Crippen LogP contribution in [0, 0.1) is 0 Å². The maximum Gasteiger partial charge on any atom is 0.306 e. The Morgan fingerprint density at radius 2 is 1.88 bits per heavy atom. The van der Waals surface area contributed by atoms with Crippen LogP contribution in [-0.2, 0) is 32.2 Å². The highest BCUT2D eigenvalue weighted by Crippen LogP contribution is 2.37. The van der Waals surface area contributed by atoms with Crippen LogP contribution >= 0.6 is 0 Å². The number of hydrogen-bond acceptors (Lipinski definition) is 4. The number of sulfone groups is 1. The zero-order valence-corrected chi connectivity index (χ0v) is 15.4. The molecule has 4 nitrogen and oxygen atoms in total. The van der Waals surface area contributed by atoms with Gasteiger partial charge in [-0.25, -0.2) is 8.42 Å².